The molecule has 1 atom stereocenters. The lowest BCUT2D eigenvalue weighted by Gasteiger charge is -2.19. The summed E-state index contributed by atoms with van der Waals surface area (Å²) in [4.78, 5) is 10.2. The van der Waals surface area contributed by atoms with Gasteiger partial charge >= 0.3 is 0 Å². The van der Waals surface area contributed by atoms with Crippen LogP contribution < -0.4 is 16.1 Å². The van der Waals surface area contributed by atoms with E-state index in [2.05, 4.69) is 11.0 Å². The summed E-state index contributed by atoms with van der Waals surface area (Å²) in [6.45, 7) is 0. The predicted octanol–water partition coefficient (Wildman–Crippen LogP) is -2.57. The largest absolute Gasteiger partial charge is 0.607 e. The summed E-state index contributed by atoms with van der Waals surface area (Å²) in [6.07, 6.45) is 2.33. The number of hydrazine groups is 1. The Kier molecular flexibility index (Phi) is 1.25. The van der Waals surface area contributed by atoms with E-state index >= 15 is 0 Å². The molecule has 0 aromatic rings. The maximum Gasteiger partial charge on any atom is 0.267 e. The lowest BCUT2D eigenvalue weighted by Crippen LogP contribution is -3.13. The van der Waals surface area contributed by atoms with Crippen molar-refractivity contribution in [1.29, 1.82) is 0 Å². The second kappa shape index (κ2) is 1.91. The predicted molar refractivity (Wildman–Crippen MR) is 24.7 cm³/mol. The number of hydroxylamine groups is 1. The van der Waals surface area contributed by atoms with Crippen molar-refractivity contribution < 1.29 is 9.97 Å². The van der Waals surface area contributed by atoms with Gasteiger partial charge in [-0.3, -0.25) is 4.79 Å². The molecule has 8 heavy (non-hydrogen) atoms. The van der Waals surface area contributed by atoms with Gasteiger partial charge in [0.25, 0.3) is 5.91 Å². The fourth-order valence-corrected chi connectivity index (χ4v) is 0.358. The minimum Gasteiger partial charge on any atom is -0.607 e. The van der Waals surface area contributed by atoms with Crippen LogP contribution in [0.4, 0.5) is 0 Å². The van der Waals surface area contributed by atoms with Crippen LogP contribution in [0.25, 0.3) is 0 Å². The van der Waals surface area contributed by atoms with Crippen molar-refractivity contribution in [3.63, 3.8) is 0 Å². The maximum absolute atomic E-state index is 10.2. The molecule has 0 saturated carbocycles. The molecule has 5 nitrogen and oxygen atoms in total. The summed E-state index contributed by atoms with van der Waals surface area (Å²) >= 11 is 0. The van der Waals surface area contributed by atoms with Gasteiger partial charge in [0.15, 0.2) is 0 Å². The molecule has 0 saturated heterocycles. The Bertz CT molecular complexity index is 132. The molecule has 0 radical (unpaired) electrons. The second-order valence-electron chi connectivity index (χ2n) is 1.31. The summed E-state index contributed by atoms with van der Waals surface area (Å²) in [5, 5.41) is 9.89. The highest BCUT2D eigenvalue weighted by Gasteiger charge is 2.02. The summed E-state index contributed by atoms with van der Waals surface area (Å²) in [6, 6.07) is 0. The van der Waals surface area contributed by atoms with Crippen LogP contribution in [0.3, 0.4) is 0 Å². The smallest absolute Gasteiger partial charge is 0.267 e. The quantitative estimate of drug-likeness (QED) is 0.304. The highest BCUT2D eigenvalue weighted by Crippen LogP contribution is 1.65. The van der Waals surface area contributed by atoms with Gasteiger partial charge in [0.2, 0.25) is 0 Å². The van der Waals surface area contributed by atoms with Crippen LogP contribution in [0.2, 0.25) is 0 Å². The summed E-state index contributed by atoms with van der Waals surface area (Å²) in [7, 11) is 0. The molecule has 0 spiro atoms. The molecule has 0 bridgehead atoms. The Balaban J connectivity index is 2.55. The van der Waals surface area contributed by atoms with Crippen molar-refractivity contribution in [1.82, 2.24) is 11.0 Å². The van der Waals surface area contributed by atoms with Crippen LogP contribution in [0.5, 0.6) is 0 Å². The summed E-state index contributed by atoms with van der Waals surface area (Å²) < 4.78 is 0. The van der Waals surface area contributed by atoms with Gasteiger partial charge in [-0.15, -0.1) is 0 Å². The lowest BCUT2D eigenvalue weighted by atomic mass is 10.6. The van der Waals surface area contributed by atoms with E-state index in [0.29, 0.717) is 0 Å². The molecule has 0 aromatic carbocycles. The normalized spacial score (nSPS) is 27.6. The molecule has 1 heterocycles. The van der Waals surface area contributed by atoms with E-state index in [9.17, 15) is 10.0 Å². The Morgan fingerprint density at radius 3 is 2.88 bits per heavy atom. The minimum absolute atomic E-state index is 0.301. The minimum atomic E-state index is -0.301. The average molecular weight is 115 g/mol. The SMILES string of the molecule is O=C1C=C[NH+]([O-])NN1. The third kappa shape index (κ3) is 1.03. The third-order valence-electron chi connectivity index (χ3n) is 0.695. The third-order valence-corrected chi connectivity index (χ3v) is 0.695. The second-order valence-corrected chi connectivity index (χ2v) is 1.31. The fraction of sp³-hybridized carbons (Fsp3) is 0. The Morgan fingerprint density at radius 2 is 2.50 bits per heavy atom. The summed E-state index contributed by atoms with van der Waals surface area (Å²) in [5.41, 5.74) is 4.21. The van der Waals surface area contributed by atoms with E-state index in [4.69, 9.17) is 0 Å². The number of hydrogen-bond acceptors (Lipinski definition) is 3. The van der Waals surface area contributed by atoms with Crippen LogP contribution >= 0.6 is 0 Å². The summed E-state index contributed by atoms with van der Waals surface area (Å²) in [5.74, 6) is -0.301. The average Bonchev–Trinajstić information content (AvgIpc) is 1.77. The first-order valence-corrected chi connectivity index (χ1v) is 2.07. The first-order chi connectivity index (χ1) is 3.79. The first kappa shape index (κ1) is 5.23. The number of quaternary nitrogens is 1. The standard InChI is InChI=1S/C3H5N3O2/c7-3-1-2-6(8)5-4-3/h1-2,5-6H,(H,4,7). The van der Waals surface area contributed by atoms with Crippen molar-refractivity contribution in [2.75, 3.05) is 0 Å². The number of nitrogens with one attached hydrogen (secondary N) is 3. The lowest BCUT2D eigenvalue weighted by molar-refractivity contribution is -0.849. The number of carbonyl (C=O) groups is 1. The van der Waals surface area contributed by atoms with Crippen LogP contribution in [-0.2, 0) is 4.79 Å². The topological polar surface area (TPSA) is 68.6 Å². The molecule has 1 aliphatic heterocycles. The molecule has 0 aliphatic carbocycles. The Morgan fingerprint density at radius 1 is 1.75 bits per heavy atom. The van der Waals surface area contributed by atoms with Crippen LogP contribution in [-0.4, -0.2) is 5.91 Å². The number of hydrogen-bond donors (Lipinski definition) is 3. The van der Waals surface area contributed by atoms with Crippen LogP contribution in [0, 0.1) is 5.21 Å². The number of rotatable bonds is 0. The zero-order valence-electron chi connectivity index (χ0n) is 3.97. The van der Waals surface area contributed by atoms with Crippen molar-refractivity contribution in [3.05, 3.63) is 17.5 Å². The molecule has 1 aliphatic rings. The molecule has 5 heteroatoms. The number of amides is 1. The number of carbonyl (C=O) groups excluding carboxylic acids is 1. The van der Waals surface area contributed by atoms with E-state index in [0.717, 1.165) is 0 Å². The molecular formula is C3H5N3O2. The van der Waals surface area contributed by atoms with Crippen molar-refractivity contribution in [3.8, 4) is 0 Å². The molecule has 0 fully saturated rings. The van der Waals surface area contributed by atoms with E-state index in [1.807, 2.05) is 0 Å². The van der Waals surface area contributed by atoms with Crippen LogP contribution in [0.15, 0.2) is 12.3 Å². The van der Waals surface area contributed by atoms with Gasteiger partial charge in [0, 0.05) is 0 Å². The van der Waals surface area contributed by atoms with Gasteiger partial charge in [-0.1, -0.05) is 5.53 Å². The fourth-order valence-electron chi connectivity index (χ4n) is 0.358. The molecule has 1 unspecified atom stereocenters. The molecule has 1 rings (SSSR count). The van der Waals surface area contributed by atoms with E-state index < -0.39 is 0 Å². The first-order valence-electron chi connectivity index (χ1n) is 2.07. The van der Waals surface area contributed by atoms with E-state index in [-0.39, 0.29) is 11.1 Å². The molecule has 0 aromatic heterocycles. The Labute approximate surface area is 45.5 Å². The van der Waals surface area contributed by atoms with E-state index in [1.165, 1.54) is 12.3 Å². The van der Waals surface area contributed by atoms with Crippen molar-refractivity contribution in [2.24, 2.45) is 0 Å². The molecule has 44 valence electrons. The molecule has 3 N–H and O–H groups in total. The highest BCUT2D eigenvalue weighted by atomic mass is 16.5. The van der Waals surface area contributed by atoms with Gasteiger partial charge in [-0.2, -0.15) is 0 Å². The van der Waals surface area contributed by atoms with Crippen molar-refractivity contribution >= 4 is 5.91 Å². The van der Waals surface area contributed by atoms with Gasteiger partial charge in [0.05, 0.1) is 6.08 Å². The van der Waals surface area contributed by atoms with Gasteiger partial charge in [0.1, 0.15) is 6.20 Å². The van der Waals surface area contributed by atoms with Crippen LogP contribution in [0.1, 0.15) is 0 Å². The molecule has 1 amide bonds. The maximum atomic E-state index is 10.2. The van der Waals surface area contributed by atoms with Gasteiger partial charge in [-0.25, -0.2) is 10.6 Å². The van der Waals surface area contributed by atoms with Gasteiger partial charge in [-0.05, 0) is 0 Å². The van der Waals surface area contributed by atoms with Gasteiger partial charge < -0.3 is 5.21 Å². The zero-order chi connectivity index (χ0) is 5.98. The van der Waals surface area contributed by atoms with Crippen molar-refractivity contribution in [2.45, 2.75) is 0 Å². The molecular weight excluding hydrogens is 110 g/mol. The Hall–Kier alpha value is -0.910. The monoisotopic (exact) mass is 115 g/mol. The zero-order valence-corrected chi connectivity index (χ0v) is 3.97. The highest BCUT2D eigenvalue weighted by molar-refractivity contribution is 5.86. The van der Waals surface area contributed by atoms with E-state index in [1.54, 1.807) is 0 Å².